The lowest BCUT2D eigenvalue weighted by molar-refractivity contribution is 0.408. The highest BCUT2D eigenvalue weighted by atomic mass is 35.5. The highest BCUT2D eigenvalue weighted by Gasteiger charge is 2.17. The second-order valence-electron chi connectivity index (χ2n) is 4.94. The predicted molar refractivity (Wildman–Crippen MR) is 74.1 cm³/mol. The number of aromatic nitrogens is 3. The van der Waals surface area contributed by atoms with Gasteiger partial charge in [-0.25, -0.2) is 9.67 Å². The number of nitrogens with zero attached hydrogens (tertiary/aromatic N) is 3. The van der Waals surface area contributed by atoms with E-state index >= 15 is 0 Å². The molecule has 0 aromatic carbocycles. The molecule has 0 saturated heterocycles. The average molecular weight is 283 g/mol. The summed E-state index contributed by atoms with van der Waals surface area (Å²) in [5.41, 5.74) is 0. The van der Waals surface area contributed by atoms with Crippen LogP contribution >= 0.6 is 11.6 Å². The maximum atomic E-state index is 5.82. The molecule has 0 aliphatic heterocycles. The second-order valence-corrected chi connectivity index (χ2v) is 5.31. The van der Waals surface area contributed by atoms with Gasteiger partial charge in [-0.1, -0.05) is 13.8 Å². The summed E-state index contributed by atoms with van der Waals surface area (Å²) in [6.45, 7) is 5.19. The van der Waals surface area contributed by atoms with Gasteiger partial charge in [0.2, 0.25) is 0 Å². The van der Waals surface area contributed by atoms with Crippen LogP contribution < -0.4 is 5.32 Å². The Morgan fingerprint density at radius 2 is 2.21 bits per heavy atom. The van der Waals surface area contributed by atoms with Crippen LogP contribution in [0.25, 0.3) is 0 Å². The molecule has 1 N–H and O–H groups in total. The van der Waals surface area contributed by atoms with Crippen molar-refractivity contribution in [1.29, 1.82) is 0 Å². The molecule has 1 atom stereocenters. The van der Waals surface area contributed by atoms with Crippen molar-refractivity contribution in [3.8, 4) is 0 Å². The van der Waals surface area contributed by atoms with Crippen LogP contribution in [0.1, 0.15) is 31.5 Å². The maximum absolute atomic E-state index is 5.82. The van der Waals surface area contributed by atoms with Gasteiger partial charge in [-0.15, -0.1) is 0 Å². The number of furan rings is 1. The Morgan fingerprint density at radius 1 is 1.42 bits per heavy atom. The van der Waals surface area contributed by atoms with Gasteiger partial charge >= 0.3 is 0 Å². The third-order valence-electron chi connectivity index (χ3n) is 2.91. The van der Waals surface area contributed by atoms with Gasteiger partial charge in [0.15, 0.2) is 5.22 Å². The third kappa shape index (κ3) is 3.58. The Morgan fingerprint density at radius 3 is 2.79 bits per heavy atom. The zero-order valence-electron chi connectivity index (χ0n) is 11.4. The highest BCUT2D eigenvalue weighted by Crippen LogP contribution is 2.22. The first kappa shape index (κ1) is 14.1. The summed E-state index contributed by atoms with van der Waals surface area (Å²) in [6, 6.07) is 3.68. The molecule has 0 amide bonds. The van der Waals surface area contributed by atoms with Crippen LogP contribution in [0.4, 0.5) is 0 Å². The van der Waals surface area contributed by atoms with Crippen molar-refractivity contribution < 1.29 is 4.42 Å². The van der Waals surface area contributed by atoms with Crippen LogP contribution in [-0.4, -0.2) is 21.8 Å². The highest BCUT2D eigenvalue weighted by molar-refractivity contribution is 6.28. The van der Waals surface area contributed by atoms with E-state index in [-0.39, 0.29) is 6.04 Å². The van der Waals surface area contributed by atoms with Gasteiger partial charge in [-0.2, -0.15) is 5.10 Å². The number of rotatable bonds is 6. The van der Waals surface area contributed by atoms with Gasteiger partial charge < -0.3 is 9.73 Å². The minimum atomic E-state index is 0.0441. The number of hydrogen-bond donors (Lipinski definition) is 1. The van der Waals surface area contributed by atoms with Gasteiger partial charge in [0.05, 0.1) is 6.04 Å². The van der Waals surface area contributed by atoms with Crippen LogP contribution in [0, 0.1) is 5.92 Å². The molecule has 2 heterocycles. The van der Waals surface area contributed by atoms with Crippen molar-refractivity contribution in [3.63, 3.8) is 0 Å². The van der Waals surface area contributed by atoms with E-state index < -0.39 is 0 Å². The van der Waals surface area contributed by atoms with Gasteiger partial charge in [0, 0.05) is 13.0 Å². The number of likely N-dealkylation sites (N-methyl/N-ethyl adjacent to an activating group) is 1. The van der Waals surface area contributed by atoms with Crippen molar-refractivity contribution in [2.45, 2.75) is 32.9 Å². The third-order valence-corrected chi connectivity index (χ3v) is 3.11. The van der Waals surface area contributed by atoms with Gasteiger partial charge in [-0.05, 0) is 36.7 Å². The second kappa shape index (κ2) is 6.21. The summed E-state index contributed by atoms with van der Waals surface area (Å²) in [5.74, 6) is 2.29. The standard InChI is InChI=1S/C13H19ClN4O/c1-9(2)7-18-13(16-8-17-18)6-10(15-3)11-4-5-12(14)19-11/h4-5,8-10,15H,6-7H2,1-3H3. The van der Waals surface area contributed by atoms with E-state index in [1.807, 2.05) is 17.8 Å². The Labute approximate surface area is 118 Å². The summed E-state index contributed by atoms with van der Waals surface area (Å²) in [5, 5.41) is 7.88. The number of halogens is 1. The molecule has 0 aliphatic rings. The van der Waals surface area contributed by atoms with Crippen LogP contribution in [-0.2, 0) is 13.0 Å². The first-order chi connectivity index (χ1) is 9.10. The fraction of sp³-hybridized carbons (Fsp3) is 0.538. The summed E-state index contributed by atoms with van der Waals surface area (Å²) in [7, 11) is 1.89. The molecule has 0 spiro atoms. The quantitative estimate of drug-likeness (QED) is 0.885. The van der Waals surface area contributed by atoms with Gasteiger partial charge in [-0.3, -0.25) is 0 Å². The summed E-state index contributed by atoms with van der Waals surface area (Å²) in [6.07, 6.45) is 2.31. The Kier molecular flexibility index (Phi) is 4.61. The van der Waals surface area contributed by atoms with E-state index in [2.05, 4.69) is 29.2 Å². The van der Waals surface area contributed by atoms with Crippen molar-refractivity contribution in [2.75, 3.05) is 7.05 Å². The number of nitrogens with one attached hydrogen (secondary N) is 1. The van der Waals surface area contributed by atoms with Crippen molar-refractivity contribution >= 4 is 11.6 Å². The predicted octanol–water partition coefficient (Wildman–Crippen LogP) is 2.68. The molecule has 2 aromatic heterocycles. The molecule has 0 aliphatic carbocycles. The van der Waals surface area contributed by atoms with Crippen LogP contribution in [0.3, 0.4) is 0 Å². The topological polar surface area (TPSA) is 55.9 Å². The molecule has 0 bridgehead atoms. The normalized spacial score (nSPS) is 13.1. The van der Waals surface area contributed by atoms with E-state index in [1.165, 1.54) is 0 Å². The van der Waals surface area contributed by atoms with Gasteiger partial charge in [0.25, 0.3) is 0 Å². The zero-order valence-corrected chi connectivity index (χ0v) is 12.2. The van der Waals surface area contributed by atoms with E-state index in [1.54, 1.807) is 12.4 Å². The van der Waals surface area contributed by atoms with Crippen LogP contribution in [0.15, 0.2) is 22.9 Å². The molecule has 1 unspecified atom stereocenters. The average Bonchev–Trinajstić information content (AvgIpc) is 2.95. The molecule has 2 aromatic rings. The first-order valence-electron chi connectivity index (χ1n) is 6.39. The molecule has 2 rings (SSSR count). The summed E-state index contributed by atoms with van der Waals surface area (Å²) >= 11 is 5.82. The first-order valence-corrected chi connectivity index (χ1v) is 6.77. The van der Waals surface area contributed by atoms with E-state index in [4.69, 9.17) is 16.0 Å². The number of hydrogen-bond acceptors (Lipinski definition) is 4. The SMILES string of the molecule is CNC(Cc1ncnn1CC(C)C)c1ccc(Cl)o1. The Bertz CT molecular complexity index is 520. The molecule has 104 valence electrons. The van der Waals surface area contributed by atoms with Gasteiger partial charge in [0.1, 0.15) is 17.9 Å². The smallest absolute Gasteiger partial charge is 0.193 e. The monoisotopic (exact) mass is 282 g/mol. The fourth-order valence-electron chi connectivity index (χ4n) is 1.99. The molecule has 0 fully saturated rings. The lowest BCUT2D eigenvalue weighted by Gasteiger charge is -2.14. The molecular weight excluding hydrogens is 264 g/mol. The molecular formula is C13H19ClN4O. The lowest BCUT2D eigenvalue weighted by Crippen LogP contribution is -2.21. The molecule has 0 saturated carbocycles. The van der Waals surface area contributed by atoms with E-state index in [0.29, 0.717) is 17.6 Å². The zero-order chi connectivity index (χ0) is 13.8. The van der Waals surface area contributed by atoms with Crippen LogP contribution in [0.5, 0.6) is 0 Å². The Hall–Kier alpha value is -1.33. The summed E-state index contributed by atoms with van der Waals surface area (Å²) in [4.78, 5) is 4.33. The molecule has 6 heteroatoms. The van der Waals surface area contributed by atoms with Crippen LogP contribution in [0.2, 0.25) is 5.22 Å². The van der Waals surface area contributed by atoms with E-state index in [9.17, 15) is 0 Å². The largest absolute Gasteiger partial charge is 0.448 e. The minimum absolute atomic E-state index is 0.0441. The van der Waals surface area contributed by atoms with Crippen molar-refractivity contribution in [3.05, 3.63) is 35.3 Å². The molecule has 0 radical (unpaired) electrons. The summed E-state index contributed by atoms with van der Waals surface area (Å²) < 4.78 is 7.40. The Balaban J connectivity index is 2.12. The van der Waals surface area contributed by atoms with Crippen molar-refractivity contribution in [1.82, 2.24) is 20.1 Å². The van der Waals surface area contributed by atoms with Crippen molar-refractivity contribution in [2.24, 2.45) is 5.92 Å². The molecule has 19 heavy (non-hydrogen) atoms. The lowest BCUT2D eigenvalue weighted by atomic mass is 10.1. The molecule has 5 nitrogen and oxygen atoms in total. The fourth-order valence-corrected chi connectivity index (χ4v) is 2.14. The maximum Gasteiger partial charge on any atom is 0.193 e. The minimum Gasteiger partial charge on any atom is -0.448 e. The van der Waals surface area contributed by atoms with E-state index in [0.717, 1.165) is 18.1 Å².